The highest BCUT2D eigenvalue weighted by atomic mass is 16.4. The third-order valence-corrected chi connectivity index (χ3v) is 3.97. The zero-order valence-corrected chi connectivity index (χ0v) is 11.9. The van der Waals surface area contributed by atoms with Crippen molar-refractivity contribution in [3.05, 3.63) is 47.0 Å². The Kier molecular flexibility index (Phi) is 3.49. The molecule has 1 heterocycles. The molecule has 0 fully saturated rings. The summed E-state index contributed by atoms with van der Waals surface area (Å²) < 4.78 is 0. The lowest BCUT2D eigenvalue weighted by molar-refractivity contribution is -0.139. The number of aromatic hydroxyl groups is 4. The standard InChI is InChI=1S/C16H15NO6/c18-11-2-1-7(4-12(11)19)15-9-6-14(21)13(20)5-8(9)3-10(17-15)16(22)23/h1-2,4-6,10,15,17-21H,3H2,(H,22,23)/t10-,15-/m0/s1. The first-order chi connectivity index (χ1) is 10.9. The molecule has 23 heavy (non-hydrogen) atoms. The Balaban J connectivity index is 2.13. The smallest absolute Gasteiger partial charge is 0.321 e. The molecular weight excluding hydrogens is 302 g/mol. The first-order valence-corrected chi connectivity index (χ1v) is 6.92. The zero-order valence-electron chi connectivity index (χ0n) is 11.9. The number of benzene rings is 2. The van der Waals surface area contributed by atoms with E-state index in [9.17, 15) is 30.3 Å². The lowest BCUT2D eigenvalue weighted by atomic mass is 9.86. The predicted molar refractivity (Wildman–Crippen MR) is 79.6 cm³/mol. The van der Waals surface area contributed by atoms with E-state index < -0.39 is 18.1 Å². The lowest BCUT2D eigenvalue weighted by Gasteiger charge is -2.32. The van der Waals surface area contributed by atoms with Gasteiger partial charge < -0.3 is 25.5 Å². The van der Waals surface area contributed by atoms with Gasteiger partial charge >= 0.3 is 5.97 Å². The van der Waals surface area contributed by atoms with Gasteiger partial charge in [0, 0.05) is 0 Å². The summed E-state index contributed by atoms with van der Waals surface area (Å²) in [6.45, 7) is 0. The van der Waals surface area contributed by atoms with Crippen molar-refractivity contribution in [2.45, 2.75) is 18.5 Å². The van der Waals surface area contributed by atoms with E-state index in [1.165, 1.54) is 24.3 Å². The van der Waals surface area contributed by atoms with Gasteiger partial charge in [0.15, 0.2) is 23.0 Å². The average molecular weight is 317 g/mol. The number of fused-ring (bicyclic) bond motifs is 1. The van der Waals surface area contributed by atoms with E-state index in [0.29, 0.717) is 16.7 Å². The summed E-state index contributed by atoms with van der Waals surface area (Å²) in [5.74, 6) is -2.29. The number of phenolic OH excluding ortho intramolecular Hbond substituents is 4. The molecule has 0 amide bonds. The quantitative estimate of drug-likeness (QED) is 0.459. The number of nitrogens with one attached hydrogen (secondary N) is 1. The molecule has 7 heteroatoms. The van der Waals surface area contributed by atoms with Crippen LogP contribution in [0.25, 0.3) is 0 Å². The molecule has 1 aliphatic heterocycles. The molecule has 2 aromatic rings. The average Bonchev–Trinajstić information content (AvgIpc) is 2.50. The van der Waals surface area contributed by atoms with E-state index in [-0.39, 0.29) is 29.4 Å². The molecule has 120 valence electrons. The molecule has 7 nitrogen and oxygen atoms in total. The minimum Gasteiger partial charge on any atom is -0.504 e. The van der Waals surface area contributed by atoms with Crippen LogP contribution in [-0.2, 0) is 11.2 Å². The molecule has 0 radical (unpaired) electrons. The highest BCUT2D eigenvalue weighted by molar-refractivity contribution is 5.75. The van der Waals surface area contributed by atoms with E-state index >= 15 is 0 Å². The van der Waals surface area contributed by atoms with Gasteiger partial charge in [0.1, 0.15) is 6.04 Å². The van der Waals surface area contributed by atoms with Gasteiger partial charge in [0.2, 0.25) is 0 Å². The highest BCUT2D eigenvalue weighted by Gasteiger charge is 2.32. The van der Waals surface area contributed by atoms with Gasteiger partial charge in [0.25, 0.3) is 0 Å². The predicted octanol–water partition coefficient (Wildman–Crippen LogP) is 1.20. The minimum atomic E-state index is -1.05. The Bertz CT molecular complexity index is 788. The van der Waals surface area contributed by atoms with Gasteiger partial charge in [-0.15, -0.1) is 0 Å². The maximum Gasteiger partial charge on any atom is 0.321 e. The second kappa shape index (κ2) is 5.36. The maximum atomic E-state index is 11.4. The number of phenols is 4. The fourth-order valence-electron chi connectivity index (χ4n) is 2.81. The van der Waals surface area contributed by atoms with Crippen molar-refractivity contribution in [3.8, 4) is 23.0 Å². The van der Waals surface area contributed by atoms with Gasteiger partial charge in [-0.05, 0) is 47.4 Å². The Morgan fingerprint density at radius 1 is 0.957 bits per heavy atom. The monoisotopic (exact) mass is 317 g/mol. The largest absolute Gasteiger partial charge is 0.504 e. The number of hydrogen-bond donors (Lipinski definition) is 6. The Morgan fingerprint density at radius 3 is 2.26 bits per heavy atom. The van der Waals surface area contributed by atoms with Crippen molar-refractivity contribution < 1.29 is 30.3 Å². The van der Waals surface area contributed by atoms with Crippen molar-refractivity contribution in [1.29, 1.82) is 0 Å². The second-order valence-electron chi connectivity index (χ2n) is 5.48. The molecule has 0 bridgehead atoms. The van der Waals surface area contributed by atoms with Gasteiger partial charge in [-0.25, -0.2) is 0 Å². The van der Waals surface area contributed by atoms with Crippen LogP contribution in [0.4, 0.5) is 0 Å². The molecule has 1 aliphatic rings. The van der Waals surface area contributed by atoms with E-state index in [4.69, 9.17) is 0 Å². The fraction of sp³-hybridized carbons (Fsp3) is 0.188. The molecule has 0 aliphatic carbocycles. The SMILES string of the molecule is O=C(O)[C@@H]1Cc2cc(O)c(O)cc2[C@H](c2ccc(O)c(O)c2)N1. The van der Waals surface area contributed by atoms with Crippen molar-refractivity contribution in [2.24, 2.45) is 0 Å². The van der Waals surface area contributed by atoms with Crippen LogP contribution in [0.2, 0.25) is 0 Å². The van der Waals surface area contributed by atoms with E-state index in [1.807, 2.05) is 0 Å². The highest BCUT2D eigenvalue weighted by Crippen LogP contribution is 2.39. The van der Waals surface area contributed by atoms with Crippen molar-refractivity contribution in [1.82, 2.24) is 5.32 Å². The summed E-state index contributed by atoms with van der Waals surface area (Å²) in [6.07, 6.45) is 0.152. The summed E-state index contributed by atoms with van der Waals surface area (Å²) in [4.78, 5) is 11.4. The molecule has 0 saturated carbocycles. The number of carbonyl (C=O) groups is 1. The molecule has 0 unspecified atom stereocenters. The number of carboxylic acids is 1. The fourth-order valence-corrected chi connectivity index (χ4v) is 2.81. The van der Waals surface area contributed by atoms with Crippen LogP contribution in [0.5, 0.6) is 23.0 Å². The van der Waals surface area contributed by atoms with Crippen LogP contribution in [-0.4, -0.2) is 37.5 Å². The molecule has 2 aromatic carbocycles. The van der Waals surface area contributed by atoms with Crippen molar-refractivity contribution >= 4 is 5.97 Å². The molecule has 0 spiro atoms. The van der Waals surface area contributed by atoms with Crippen molar-refractivity contribution in [2.75, 3.05) is 0 Å². The Labute approximate surface area is 131 Å². The van der Waals surface area contributed by atoms with Crippen LogP contribution in [0.3, 0.4) is 0 Å². The first-order valence-electron chi connectivity index (χ1n) is 6.92. The topological polar surface area (TPSA) is 130 Å². The minimum absolute atomic E-state index is 0.152. The molecule has 0 saturated heterocycles. The summed E-state index contributed by atoms with van der Waals surface area (Å²) >= 11 is 0. The van der Waals surface area contributed by atoms with E-state index in [2.05, 4.69) is 5.32 Å². The van der Waals surface area contributed by atoms with Crippen molar-refractivity contribution in [3.63, 3.8) is 0 Å². The van der Waals surface area contributed by atoms with Crippen LogP contribution < -0.4 is 5.32 Å². The van der Waals surface area contributed by atoms with E-state index in [1.54, 1.807) is 6.07 Å². The van der Waals surface area contributed by atoms with Gasteiger partial charge in [-0.3, -0.25) is 10.1 Å². The normalized spacial score (nSPS) is 20.0. The maximum absolute atomic E-state index is 11.4. The Hall–Kier alpha value is -2.93. The second-order valence-corrected chi connectivity index (χ2v) is 5.48. The van der Waals surface area contributed by atoms with Crippen LogP contribution in [0, 0.1) is 0 Å². The number of carboxylic acid groups (broad SMARTS) is 1. The molecule has 0 aromatic heterocycles. The third kappa shape index (κ3) is 2.62. The number of hydrogen-bond acceptors (Lipinski definition) is 6. The van der Waals surface area contributed by atoms with E-state index in [0.717, 1.165) is 0 Å². The summed E-state index contributed by atoms with van der Waals surface area (Å²) in [5, 5.41) is 50.7. The van der Waals surface area contributed by atoms with Gasteiger partial charge in [-0.2, -0.15) is 0 Å². The molecular formula is C16H15NO6. The van der Waals surface area contributed by atoms with Crippen LogP contribution >= 0.6 is 0 Å². The summed E-state index contributed by atoms with van der Waals surface area (Å²) in [7, 11) is 0. The zero-order chi connectivity index (χ0) is 16.7. The number of rotatable bonds is 2. The van der Waals surface area contributed by atoms with Gasteiger partial charge in [-0.1, -0.05) is 6.07 Å². The molecule has 6 N–H and O–H groups in total. The first kappa shape index (κ1) is 15.0. The summed E-state index contributed by atoms with van der Waals surface area (Å²) in [5.41, 5.74) is 1.71. The van der Waals surface area contributed by atoms with Gasteiger partial charge in [0.05, 0.1) is 6.04 Å². The van der Waals surface area contributed by atoms with Crippen LogP contribution in [0.15, 0.2) is 30.3 Å². The number of aliphatic carboxylic acids is 1. The lowest BCUT2D eigenvalue weighted by Crippen LogP contribution is -2.45. The van der Waals surface area contributed by atoms with Crippen LogP contribution in [0.1, 0.15) is 22.7 Å². The third-order valence-electron chi connectivity index (χ3n) is 3.97. The molecule has 2 atom stereocenters. The molecule has 3 rings (SSSR count). The Morgan fingerprint density at radius 2 is 1.61 bits per heavy atom. The summed E-state index contributed by atoms with van der Waals surface area (Å²) in [6, 6.07) is 5.39.